The molecule has 2 atom stereocenters. The van der Waals surface area contributed by atoms with Gasteiger partial charge in [-0.15, -0.1) is 0 Å². The Bertz CT molecular complexity index is 541. The molecule has 1 amide bonds. The van der Waals surface area contributed by atoms with Crippen molar-refractivity contribution in [3.05, 3.63) is 35.4 Å². The van der Waals surface area contributed by atoms with E-state index in [4.69, 9.17) is 0 Å². The lowest BCUT2D eigenvalue weighted by Gasteiger charge is -2.19. The summed E-state index contributed by atoms with van der Waals surface area (Å²) in [7, 11) is 0. The summed E-state index contributed by atoms with van der Waals surface area (Å²) in [5, 5.41) is 3.43. The lowest BCUT2D eigenvalue weighted by molar-refractivity contribution is 0.0781. The van der Waals surface area contributed by atoms with Gasteiger partial charge in [0.05, 0.1) is 0 Å². The van der Waals surface area contributed by atoms with E-state index < -0.39 is 0 Å². The predicted octanol–water partition coefficient (Wildman–Crippen LogP) is 1.57. The first-order valence-corrected chi connectivity index (χ1v) is 8.61. The molecule has 0 aliphatic carbocycles. The largest absolute Gasteiger partial charge is 0.338 e. The van der Waals surface area contributed by atoms with E-state index in [1.54, 1.807) is 0 Å². The van der Waals surface area contributed by atoms with Crippen molar-refractivity contribution in [2.24, 2.45) is 11.8 Å². The maximum Gasteiger partial charge on any atom is 0.253 e. The molecule has 1 aromatic rings. The Morgan fingerprint density at radius 2 is 1.86 bits per heavy atom. The standard InChI is InChI=1S/C18H25N3O/c22-18(21-12-16-9-19-10-17(16)13-21)15-5-3-4-14(8-15)11-20-6-1-2-7-20/h3-5,8,16-17,19H,1-2,6-7,9-13H2/t16-,17+. The number of rotatable bonds is 3. The van der Waals surface area contributed by atoms with Crippen LogP contribution < -0.4 is 5.32 Å². The Balaban J connectivity index is 1.44. The summed E-state index contributed by atoms with van der Waals surface area (Å²) in [5.74, 6) is 1.55. The Kier molecular flexibility index (Phi) is 3.89. The highest BCUT2D eigenvalue weighted by Crippen LogP contribution is 2.27. The van der Waals surface area contributed by atoms with Crippen LogP contribution in [-0.4, -0.2) is 55.0 Å². The highest BCUT2D eigenvalue weighted by molar-refractivity contribution is 5.94. The molecule has 0 aromatic heterocycles. The fourth-order valence-corrected chi connectivity index (χ4v) is 4.21. The van der Waals surface area contributed by atoms with Crippen molar-refractivity contribution in [3.8, 4) is 0 Å². The molecule has 4 heteroatoms. The molecule has 22 heavy (non-hydrogen) atoms. The normalized spacial score (nSPS) is 28.3. The summed E-state index contributed by atoms with van der Waals surface area (Å²) >= 11 is 0. The zero-order valence-electron chi connectivity index (χ0n) is 13.1. The maximum absolute atomic E-state index is 12.8. The Morgan fingerprint density at radius 1 is 1.14 bits per heavy atom. The van der Waals surface area contributed by atoms with Gasteiger partial charge in [-0.25, -0.2) is 0 Å². The number of likely N-dealkylation sites (tertiary alicyclic amines) is 2. The van der Waals surface area contributed by atoms with Gasteiger partial charge in [0.1, 0.15) is 0 Å². The van der Waals surface area contributed by atoms with Crippen LogP contribution >= 0.6 is 0 Å². The fraction of sp³-hybridized carbons (Fsp3) is 0.611. The van der Waals surface area contributed by atoms with Gasteiger partial charge < -0.3 is 10.2 Å². The van der Waals surface area contributed by atoms with Crippen LogP contribution in [0.3, 0.4) is 0 Å². The molecule has 3 aliphatic rings. The van der Waals surface area contributed by atoms with Crippen molar-refractivity contribution in [3.63, 3.8) is 0 Å². The fourth-order valence-electron chi connectivity index (χ4n) is 4.21. The molecule has 4 rings (SSSR count). The molecule has 3 saturated heterocycles. The van der Waals surface area contributed by atoms with Crippen molar-refractivity contribution in [1.82, 2.24) is 15.1 Å². The number of carbonyl (C=O) groups excluding carboxylic acids is 1. The van der Waals surface area contributed by atoms with E-state index in [2.05, 4.69) is 27.2 Å². The van der Waals surface area contributed by atoms with Gasteiger partial charge in [-0.05, 0) is 55.5 Å². The topological polar surface area (TPSA) is 35.6 Å². The van der Waals surface area contributed by atoms with Crippen molar-refractivity contribution >= 4 is 5.91 Å². The minimum Gasteiger partial charge on any atom is -0.338 e. The highest BCUT2D eigenvalue weighted by Gasteiger charge is 2.38. The summed E-state index contributed by atoms with van der Waals surface area (Å²) in [6, 6.07) is 8.27. The summed E-state index contributed by atoms with van der Waals surface area (Å²) in [5.41, 5.74) is 2.14. The van der Waals surface area contributed by atoms with E-state index in [0.29, 0.717) is 11.8 Å². The summed E-state index contributed by atoms with van der Waals surface area (Å²) in [6.45, 7) is 7.37. The number of nitrogens with zero attached hydrogens (tertiary/aromatic N) is 2. The molecule has 118 valence electrons. The SMILES string of the molecule is O=C(c1cccc(CN2CCCC2)c1)N1C[C@H]2CNC[C@H]2C1. The molecular weight excluding hydrogens is 274 g/mol. The van der Waals surface area contributed by atoms with E-state index >= 15 is 0 Å². The van der Waals surface area contributed by atoms with E-state index in [0.717, 1.165) is 38.3 Å². The van der Waals surface area contributed by atoms with Gasteiger partial charge in [-0.2, -0.15) is 0 Å². The molecule has 1 aromatic carbocycles. The van der Waals surface area contributed by atoms with Crippen molar-refractivity contribution < 1.29 is 4.79 Å². The van der Waals surface area contributed by atoms with E-state index in [1.807, 2.05) is 12.1 Å². The number of hydrogen-bond donors (Lipinski definition) is 1. The van der Waals surface area contributed by atoms with Crippen molar-refractivity contribution in [2.75, 3.05) is 39.3 Å². The molecule has 0 spiro atoms. The number of benzene rings is 1. The molecule has 4 nitrogen and oxygen atoms in total. The number of nitrogens with one attached hydrogen (secondary N) is 1. The zero-order valence-corrected chi connectivity index (χ0v) is 13.1. The van der Waals surface area contributed by atoms with Crippen molar-refractivity contribution in [2.45, 2.75) is 19.4 Å². The molecule has 0 bridgehead atoms. The zero-order chi connectivity index (χ0) is 14.9. The first-order valence-electron chi connectivity index (χ1n) is 8.61. The van der Waals surface area contributed by atoms with Crippen LogP contribution in [0.4, 0.5) is 0 Å². The van der Waals surface area contributed by atoms with Crippen LogP contribution in [0.1, 0.15) is 28.8 Å². The van der Waals surface area contributed by atoms with Crippen LogP contribution in [0.5, 0.6) is 0 Å². The summed E-state index contributed by atoms with van der Waals surface area (Å²) in [6.07, 6.45) is 2.62. The highest BCUT2D eigenvalue weighted by atomic mass is 16.2. The predicted molar refractivity (Wildman–Crippen MR) is 86.7 cm³/mol. The third-order valence-corrected chi connectivity index (χ3v) is 5.46. The smallest absolute Gasteiger partial charge is 0.253 e. The minimum absolute atomic E-state index is 0.220. The second-order valence-corrected chi connectivity index (χ2v) is 7.07. The first-order chi connectivity index (χ1) is 10.8. The lowest BCUT2D eigenvalue weighted by atomic mass is 10.0. The van der Waals surface area contributed by atoms with Crippen LogP contribution in [0.15, 0.2) is 24.3 Å². The molecule has 0 radical (unpaired) electrons. The number of hydrogen-bond acceptors (Lipinski definition) is 3. The van der Waals surface area contributed by atoms with Gasteiger partial charge in [0.15, 0.2) is 0 Å². The average Bonchev–Trinajstić information content (AvgIpc) is 3.23. The second-order valence-electron chi connectivity index (χ2n) is 7.07. The molecule has 0 saturated carbocycles. The summed E-state index contributed by atoms with van der Waals surface area (Å²) in [4.78, 5) is 17.3. The molecule has 1 N–H and O–H groups in total. The van der Waals surface area contributed by atoms with E-state index in [1.165, 1.54) is 31.5 Å². The lowest BCUT2D eigenvalue weighted by Crippen LogP contribution is -2.32. The number of amides is 1. The van der Waals surface area contributed by atoms with Crippen molar-refractivity contribution in [1.29, 1.82) is 0 Å². The minimum atomic E-state index is 0.220. The molecular formula is C18H25N3O. The number of fused-ring (bicyclic) bond motifs is 1. The molecule has 3 heterocycles. The molecule has 3 fully saturated rings. The van der Waals surface area contributed by atoms with Gasteiger partial charge in [0.2, 0.25) is 0 Å². The Hall–Kier alpha value is -1.39. The second kappa shape index (κ2) is 6.01. The van der Waals surface area contributed by atoms with E-state index in [-0.39, 0.29) is 5.91 Å². The van der Waals surface area contributed by atoms with Gasteiger partial charge in [-0.3, -0.25) is 9.69 Å². The van der Waals surface area contributed by atoms with Crippen LogP contribution in [0, 0.1) is 11.8 Å². The van der Waals surface area contributed by atoms with Gasteiger partial charge >= 0.3 is 0 Å². The monoisotopic (exact) mass is 299 g/mol. The van der Waals surface area contributed by atoms with Gasteiger partial charge in [0, 0.05) is 38.3 Å². The third-order valence-electron chi connectivity index (χ3n) is 5.46. The van der Waals surface area contributed by atoms with Gasteiger partial charge in [-0.1, -0.05) is 12.1 Å². The Morgan fingerprint density at radius 3 is 2.59 bits per heavy atom. The quantitative estimate of drug-likeness (QED) is 0.920. The Labute approximate surface area is 132 Å². The first kappa shape index (κ1) is 14.2. The number of carbonyl (C=O) groups is 1. The van der Waals surface area contributed by atoms with Gasteiger partial charge in [0.25, 0.3) is 5.91 Å². The summed E-state index contributed by atoms with van der Waals surface area (Å²) < 4.78 is 0. The molecule has 0 unspecified atom stereocenters. The molecule has 3 aliphatic heterocycles. The van der Waals surface area contributed by atoms with Crippen LogP contribution in [0.2, 0.25) is 0 Å². The average molecular weight is 299 g/mol. The maximum atomic E-state index is 12.8. The van der Waals surface area contributed by atoms with E-state index in [9.17, 15) is 4.79 Å². The van der Waals surface area contributed by atoms with Crippen LogP contribution in [0.25, 0.3) is 0 Å². The van der Waals surface area contributed by atoms with Crippen LogP contribution in [-0.2, 0) is 6.54 Å². The third kappa shape index (κ3) is 2.77.